The van der Waals surface area contributed by atoms with Gasteiger partial charge in [0.15, 0.2) is 0 Å². The van der Waals surface area contributed by atoms with E-state index in [1.54, 1.807) is 0 Å². The summed E-state index contributed by atoms with van der Waals surface area (Å²) in [6, 6.07) is 0. The Kier molecular flexibility index (Phi) is 30.5. The number of carbonyl (C=O) groups excluding carboxylic acids is 1. The van der Waals surface area contributed by atoms with Crippen molar-refractivity contribution >= 4 is 13.8 Å². The zero-order chi connectivity index (χ0) is 33.5. The lowest BCUT2D eigenvalue weighted by Gasteiger charge is -2.24. The van der Waals surface area contributed by atoms with Crippen LogP contribution in [0.3, 0.4) is 0 Å². The molecule has 9 heteroatoms. The lowest BCUT2D eigenvalue weighted by Crippen LogP contribution is -2.37. The Morgan fingerprint density at radius 2 is 1.02 bits per heavy atom. The van der Waals surface area contributed by atoms with E-state index < -0.39 is 13.9 Å². The Hall–Kier alpha value is -0.500. The highest BCUT2D eigenvalue weighted by Gasteiger charge is 2.26. The second kappa shape index (κ2) is 30.8. The van der Waals surface area contributed by atoms with E-state index in [9.17, 15) is 14.3 Å². The highest BCUT2D eigenvalue weighted by atomic mass is 31.2. The Labute approximate surface area is 278 Å². The Morgan fingerprint density at radius 1 is 0.600 bits per heavy atom. The second-order valence-electron chi connectivity index (χ2n) is 14.0. The predicted octanol–water partition coefficient (Wildman–Crippen LogP) is 10.2. The average Bonchev–Trinajstić information content (AvgIpc) is 2.98. The molecular weight excluding hydrogens is 589 g/mol. The summed E-state index contributed by atoms with van der Waals surface area (Å²) >= 11 is 0. The molecule has 0 radical (unpaired) electrons. The van der Waals surface area contributed by atoms with E-state index in [4.69, 9.17) is 18.5 Å². The number of hydrogen-bond acceptors (Lipinski definition) is 6. The van der Waals surface area contributed by atoms with E-state index in [0.29, 0.717) is 24.1 Å². The summed E-state index contributed by atoms with van der Waals surface area (Å²) in [5.41, 5.74) is 0. The fourth-order valence-electron chi connectivity index (χ4n) is 5.18. The number of unbranched alkanes of at least 4 members (excludes halogenated alkanes) is 21. The number of nitrogens with zero attached hydrogens (tertiary/aromatic N) is 1. The topological polar surface area (TPSA) is 91.3 Å². The smallest absolute Gasteiger partial charge is 0.457 e. The maximum absolute atomic E-state index is 12.3. The van der Waals surface area contributed by atoms with E-state index in [1.165, 1.54) is 122 Å². The summed E-state index contributed by atoms with van der Waals surface area (Å²) in [4.78, 5) is 22.2. The van der Waals surface area contributed by atoms with Crippen LogP contribution in [0, 0.1) is 0 Å². The molecule has 0 bridgehead atoms. The normalized spacial score (nSPS) is 14.0. The van der Waals surface area contributed by atoms with Crippen LogP contribution in [-0.2, 0) is 27.9 Å². The quantitative estimate of drug-likeness (QED) is 0.0312. The highest BCUT2D eigenvalue weighted by molar-refractivity contribution is 7.47. The van der Waals surface area contributed by atoms with E-state index >= 15 is 0 Å². The number of quaternary nitrogens is 1. The van der Waals surface area contributed by atoms with Crippen LogP contribution in [0.15, 0.2) is 0 Å². The summed E-state index contributed by atoms with van der Waals surface area (Å²) in [7, 11) is 1.67. The molecule has 0 saturated heterocycles. The SMILES string of the molecule is CCCCCCCCCCCCCCCCCCCCCCCOCC(COP(=O)(O)OCC[N+](C)(C)C)OC(=O)CCCC. The monoisotopic (exact) mass is 665 g/mol. The zero-order valence-corrected chi connectivity index (χ0v) is 31.3. The Balaban J connectivity index is 3.79. The minimum Gasteiger partial charge on any atom is -0.457 e. The summed E-state index contributed by atoms with van der Waals surface area (Å²) in [6.45, 7) is 5.41. The van der Waals surface area contributed by atoms with Crippen molar-refractivity contribution < 1.29 is 37.3 Å². The third-order valence-corrected chi connectivity index (χ3v) is 9.15. The predicted molar refractivity (Wildman–Crippen MR) is 187 cm³/mol. The lowest BCUT2D eigenvalue weighted by atomic mass is 10.0. The van der Waals surface area contributed by atoms with Crippen molar-refractivity contribution in [2.24, 2.45) is 0 Å². The number of ether oxygens (including phenoxy) is 2. The van der Waals surface area contributed by atoms with Crippen molar-refractivity contribution in [3.8, 4) is 0 Å². The first-order chi connectivity index (χ1) is 21.6. The van der Waals surface area contributed by atoms with Gasteiger partial charge in [-0.15, -0.1) is 0 Å². The zero-order valence-electron chi connectivity index (χ0n) is 30.4. The number of phosphoric ester groups is 1. The lowest BCUT2D eigenvalue weighted by molar-refractivity contribution is -0.870. The molecule has 8 nitrogen and oxygen atoms in total. The van der Waals surface area contributed by atoms with Crippen molar-refractivity contribution in [2.45, 2.75) is 174 Å². The molecule has 0 amide bonds. The standard InChI is InChI=1S/C36H74NO7P/c1-6-8-10-11-12-13-14-15-16-17-18-19-20-21-22-23-24-25-26-27-28-31-41-33-35(44-36(38)29-9-7-2)34-43-45(39,40)42-32-30-37(3,4)5/h35H,6-34H2,1-5H3/p+1. The number of esters is 1. The molecule has 2 unspecified atom stereocenters. The molecule has 0 aliphatic heterocycles. The van der Waals surface area contributed by atoms with E-state index in [1.807, 2.05) is 28.1 Å². The first-order valence-electron chi connectivity index (χ1n) is 18.8. The molecule has 0 aromatic carbocycles. The molecule has 0 aromatic heterocycles. The van der Waals surface area contributed by atoms with Crippen LogP contribution in [0.25, 0.3) is 0 Å². The molecule has 45 heavy (non-hydrogen) atoms. The van der Waals surface area contributed by atoms with Gasteiger partial charge in [-0.3, -0.25) is 13.8 Å². The van der Waals surface area contributed by atoms with Crippen LogP contribution in [0.4, 0.5) is 0 Å². The molecule has 0 aromatic rings. The molecular formula is C36H75NO7P+. The molecule has 0 heterocycles. The van der Waals surface area contributed by atoms with Crippen LogP contribution in [0.1, 0.15) is 168 Å². The molecule has 0 saturated carbocycles. The first kappa shape index (κ1) is 44.5. The number of carbonyl (C=O) groups is 1. The van der Waals surface area contributed by atoms with Crippen molar-refractivity contribution in [1.29, 1.82) is 0 Å². The number of likely N-dealkylation sites (N-methyl/N-ethyl adjacent to an activating group) is 1. The third-order valence-electron chi connectivity index (χ3n) is 8.17. The van der Waals surface area contributed by atoms with Gasteiger partial charge < -0.3 is 18.9 Å². The third kappa shape index (κ3) is 34.6. The summed E-state index contributed by atoms with van der Waals surface area (Å²) in [5.74, 6) is -0.346. The maximum atomic E-state index is 12.3. The molecule has 0 aliphatic carbocycles. The van der Waals surface area contributed by atoms with Gasteiger partial charge in [0.2, 0.25) is 0 Å². The largest absolute Gasteiger partial charge is 0.472 e. The second-order valence-corrected chi connectivity index (χ2v) is 15.4. The van der Waals surface area contributed by atoms with Gasteiger partial charge in [-0.05, 0) is 12.8 Å². The molecule has 0 aliphatic rings. The highest BCUT2D eigenvalue weighted by Crippen LogP contribution is 2.43. The summed E-state index contributed by atoms with van der Waals surface area (Å²) in [5, 5.41) is 0. The minimum atomic E-state index is -4.24. The molecule has 0 fully saturated rings. The minimum absolute atomic E-state index is 0.0915. The van der Waals surface area contributed by atoms with Crippen LogP contribution in [-0.4, -0.2) is 75.6 Å². The first-order valence-corrected chi connectivity index (χ1v) is 20.3. The Bertz CT molecular complexity index is 701. The number of phosphoric acid groups is 1. The Morgan fingerprint density at radius 3 is 1.44 bits per heavy atom. The van der Waals surface area contributed by atoms with Gasteiger partial charge in [-0.1, -0.05) is 149 Å². The average molecular weight is 665 g/mol. The van der Waals surface area contributed by atoms with Gasteiger partial charge in [-0.25, -0.2) is 4.57 Å². The van der Waals surface area contributed by atoms with E-state index in [2.05, 4.69) is 6.92 Å². The van der Waals surface area contributed by atoms with Gasteiger partial charge in [-0.2, -0.15) is 0 Å². The van der Waals surface area contributed by atoms with Crippen LogP contribution >= 0.6 is 7.82 Å². The maximum Gasteiger partial charge on any atom is 0.472 e. The van der Waals surface area contributed by atoms with Gasteiger partial charge in [0.1, 0.15) is 19.3 Å². The van der Waals surface area contributed by atoms with Crippen LogP contribution < -0.4 is 0 Å². The molecule has 2 atom stereocenters. The van der Waals surface area contributed by atoms with Crippen LogP contribution in [0.5, 0.6) is 0 Å². The number of hydrogen-bond donors (Lipinski definition) is 1. The van der Waals surface area contributed by atoms with E-state index in [0.717, 1.165) is 25.7 Å². The summed E-state index contributed by atoms with van der Waals surface area (Å²) < 4.78 is 34.3. The van der Waals surface area contributed by atoms with Crippen molar-refractivity contribution in [2.75, 3.05) is 54.1 Å². The van der Waals surface area contributed by atoms with Gasteiger partial charge >= 0.3 is 13.8 Å². The molecule has 270 valence electrons. The fraction of sp³-hybridized carbons (Fsp3) is 0.972. The van der Waals surface area contributed by atoms with Crippen molar-refractivity contribution in [3.05, 3.63) is 0 Å². The van der Waals surface area contributed by atoms with Crippen LogP contribution in [0.2, 0.25) is 0 Å². The van der Waals surface area contributed by atoms with Crippen molar-refractivity contribution in [1.82, 2.24) is 0 Å². The molecule has 0 rings (SSSR count). The molecule has 0 spiro atoms. The van der Waals surface area contributed by atoms with Crippen molar-refractivity contribution in [3.63, 3.8) is 0 Å². The summed E-state index contributed by atoms with van der Waals surface area (Å²) in [6.07, 6.45) is 29.6. The molecule has 1 N–H and O–H groups in total. The van der Waals surface area contributed by atoms with Gasteiger partial charge in [0.25, 0.3) is 0 Å². The fourth-order valence-corrected chi connectivity index (χ4v) is 5.92. The van der Waals surface area contributed by atoms with Gasteiger partial charge in [0, 0.05) is 13.0 Å². The van der Waals surface area contributed by atoms with E-state index in [-0.39, 0.29) is 25.8 Å². The van der Waals surface area contributed by atoms with Gasteiger partial charge in [0.05, 0.1) is 34.4 Å². The number of rotatable bonds is 35.